The molecule has 3 N–H and O–H groups in total. The molecular formula is C20H19FN4O4. The van der Waals surface area contributed by atoms with E-state index < -0.39 is 22.8 Å². The van der Waals surface area contributed by atoms with Gasteiger partial charge in [-0.3, -0.25) is 9.36 Å². The van der Waals surface area contributed by atoms with Gasteiger partial charge in [-0.15, -0.1) is 0 Å². The normalized spacial score (nSPS) is 14.3. The number of piperazine rings is 1. The first kappa shape index (κ1) is 18.9. The molecule has 1 aliphatic heterocycles. The number of halogens is 1. The van der Waals surface area contributed by atoms with E-state index in [2.05, 4.69) is 10.3 Å². The van der Waals surface area contributed by atoms with E-state index in [9.17, 15) is 24.2 Å². The van der Waals surface area contributed by atoms with Gasteiger partial charge in [-0.05, 0) is 36.8 Å². The highest BCUT2D eigenvalue weighted by atomic mass is 19.1. The molecule has 3 heterocycles. The zero-order valence-electron chi connectivity index (χ0n) is 15.6. The summed E-state index contributed by atoms with van der Waals surface area (Å²) in [6.07, 6.45) is 1.19. The van der Waals surface area contributed by atoms with Crippen LogP contribution in [0.4, 0.5) is 10.2 Å². The molecular weight excluding hydrogens is 379 g/mol. The van der Waals surface area contributed by atoms with Crippen LogP contribution in [-0.2, 0) is 0 Å². The van der Waals surface area contributed by atoms with E-state index in [4.69, 9.17) is 0 Å². The monoisotopic (exact) mass is 398 g/mol. The van der Waals surface area contributed by atoms with Crippen LogP contribution in [0.2, 0.25) is 0 Å². The molecule has 0 spiro atoms. The predicted molar refractivity (Wildman–Crippen MR) is 106 cm³/mol. The Bertz CT molecular complexity index is 1190. The third-order valence-electron chi connectivity index (χ3n) is 5.00. The minimum absolute atomic E-state index is 0.0515. The van der Waals surface area contributed by atoms with Gasteiger partial charge >= 0.3 is 5.97 Å². The lowest BCUT2D eigenvalue weighted by molar-refractivity contribution is 0.0695. The maximum atomic E-state index is 14.8. The van der Waals surface area contributed by atoms with Crippen molar-refractivity contribution in [3.05, 3.63) is 57.6 Å². The molecule has 0 aliphatic carbocycles. The molecule has 0 amide bonds. The Kier molecular flexibility index (Phi) is 4.67. The fourth-order valence-electron chi connectivity index (χ4n) is 3.56. The van der Waals surface area contributed by atoms with Crippen molar-refractivity contribution in [2.75, 3.05) is 31.1 Å². The summed E-state index contributed by atoms with van der Waals surface area (Å²) in [4.78, 5) is 30.5. The number of hydrogen-bond donors (Lipinski definition) is 3. The van der Waals surface area contributed by atoms with E-state index in [1.165, 1.54) is 22.9 Å². The zero-order valence-corrected chi connectivity index (χ0v) is 15.6. The van der Waals surface area contributed by atoms with E-state index in [0.717, 1.165) is 6.07 Å². The fourth-order valence-corrected chi connectivity index (χ4v) is 3.56. The van der Waals surface area contributed by atoms with Gasteiger partial charge in [0.05, 0.1) is 11.1 Å². The first-order chi connectivity index (χ1) is 13.9. The molecule has 0 unspecified atom stereocenters. The molecule has 1 fully saturated rings. The standard InChI is InChI=1S/C20H19FN4O4/c1-11-8-12(26)2-3-16(11)25-10-14(20(28)29)17(27)13-9-15(21)19(23-18(13)25)24-6-4-22-5-7-24/h2-3,8-10,22,26H,4-7H2,1H3,(H,28,29). The Hall–Kier alpha value is -3.46. The van der Waals surface area contributed by atoms with Crippen molar-refractivity contribution in [2.24, 2.45) is 0 Å². The van der Waals surface area contributed by atoms with E-state index in [-0.39, 0.29) is 22.6 Å². The summed E-state index contributed by atoms with van der Waals surface area (Å²) in [5, 5.41) is 22.2. The molecule has 0 atom stereocenters. The number of carboxylic acids is 1. The van der Waals surface area contributed by atoms with E-state index in [0.29, 0.717) is 37.4 Å². The predicted octanol–water partition coefficient (Wildman–Crippen LogP) is 1.65. The molecule has 150 valence electrons. The summed E-state index contributed by atoms with van der Waals surface area (Å²) >= 11 is 0. The SMILES string of the molecule is Cc1cc(O)ccc1-n1cc(C(=O)O)c(=O)c2cc(F)c(N3CCNCC3)nc21. The number of nitrogens with one attached hydrogen (secondary N) is 1. The summed E-state index contributed by atoms with van der Waals surface area (Å²) in [5.74, 6) is -1.91. The third-order valence-corrected chi connectivity index (χ3v) is 5.00. The number of benzene rings is 1. The quantitative estimate of drug-likeness (QED) is 0.616. The van der Waals surface area contributed by atoms with Crippen LogP contribution in [0.15, 0.2) is 35.3 Å². The number of aromatic nitrogens is 2. The van der Waals surface area contributed by atoms with E-state index in [1.807, 2.05) is 0 Å². The number of rotatable bonds is 3. The van der Waals surface area contributed by atoms with Gasteiger partial charge in [-0.2, -0.15) is 0 Å². The van der Waals surface area contributed by atoms with Crippen LogP contribution in [0.1, 0.15) is 15.9 Å². The minimum atomic E-state index is -1.41. The summed E-state index contributed by atoms with van der Waals surface area (Å²) in [6, 6.07) is 5.62. The number of hydrogen-bond acceptors (Lipinski definition) is 6. The average Bonchev–Trinajstić information content (AvgIpc) is 2.69. The van der Waals surface area contributed by atoms with Gasteiger partial charge < -0.3 is 20.4 Å². The first-order valence-corrected chi connectivity index (χ1v) is 9.11. The number of carboxylic acid groups (broad SMARTS) is 1. The van der Waals surface area contributed by atoms with Gasteiger partial charge in [0.25, 0.3) is 0 Å². The number of aromatic carboxylic acids is 1. The fraction of sp³-hybridized carbons (Fsp3) is 0.250. The smallest absolute Gasteiger partial charge is 0.341 e. The number of pyridine rings is 2. The van der Waals surface area contributed by atoms with E-state index in [1.54, 1.807) is 17.9 Å². The van der Waals surface area contributed by atoms with Gasteiger partial charge in [-0.25, -0.2) is 14.2 Å². The Labute approximate surface area is 164 Å². The van der Waals surface area contributed by atoms with Crippen molar-refractivity contribution in [2.45, 2.75) is 6.92 Å². The number of anilines is 1. The summed E-state index contributed by atoms with van der Waals surface area (Å²) in [7, 11) is 0. The number of carbonyl (C=O) groups is 1. The summed E-state index contributed by atoms with van der Waals surface area (Å²) < 4.78 is 16.3. The Morgan fingerprint density at radius 2 is 1.97 bits per heavy atom. The van der Waals surface area contributed by atoms with Crippen LogP contribution in [0.25, 0.3) is 16.7 Å². The van der Waals surface area contributed by atoms with Gasteiger partial charge in [0.15, 0.2) is 17.3 Å². The van der Waals surface area contributed by atoms with Gasteiger partial charge in [-0.1, -0.05) is 0 Å². The number of fused-ring (bicyclic) bond motifs is 1. The molecule has 4 rings (SSSR count). The van der Waals surface area contributed by atoms with Gasteiger partial charge in [0.2, 0.25) is 5.43 Å². The molecule has 3 aromatic rings. The summed E-state index contributed by atoms with van der Waals surface area (Å²) in [5.41, 5.74) is 0.0464. The van der Waals surface area contributed by atoms with Crippen molar-refractivity contribution in [1.29, 1.82) is 0 Å². The molecule has 0 bridgehead atoms. The molecule has 1 saturated heterocycles. The van der Waals surface area contributed by atoms with Crippen molar-refractivity contribution in [1.82, 2.24) is 14.9 Å². The second kappa shape index (κ2) is 7.17. The molecule has 0 radical (unpaired) electrons. The average molecular weight is 398 g/mol. The maximum absolute atomic E-state index is 14.8. The summed E-state index contributed by atoms with van der Waals surface area (Å²) in [6.45, 7) is 4.22. The van der Waals surface area contributed by atoms with Gasteiger partial charge in [0.1, 0.15) is 11.3 Å². The number of aromatic hydroxyl groups is 1. The Morgan fingerprint density at radius 3 is 2.62 bits per heavy atom. The lowest BCUT2D eigenvalue weighted by Gasteiger charge is -2.29. The van der Waals surface area contributed by atoms with Crippen LogP contribution >= 0.6 is 0 Å². The minimum Gasteiger partial charge on any atom is -0.508 e. The second-order valence-electron chi connectivity index (χ2n) is 6.92. The molecule has 2 aromatic heterocycles. The lowest BCUT2D eigenvalue weighted by Crippen LogP contribution is -2.44. The Balaban J connectivity index is 2.05. The van der Waals surface area contributed by atoms with Crippen molar-refractivity contribution in [3.63, 3.8) is 0 Å². The van der Waals surface area contributed by atoms with Crippen LogP contribution in [0, 0.1) is 12.7 Å². The topological polar surface area (TPSA) is 108 Å². The van der Waals surface area contributed by atoms with Gasteiger partial charge in [0, 0.05) is 32.4 Å². The van der Waals surface area contributed by atoms with Crippen LogP contribution in [0.5, 0.6) is 5.75 Å². The molecule has 9 heteroatoms. The largest absolute Gasteiger partial charge is 0.508 e. The molecule has 0 saturated carbocycles. The molecule has 1 aliphatic rings. The van der Waals surface area contributed by atoms with Crippen molar-refractivity contribution >= 4 is 22.8 Å². The maximum Gasteiger partial charge on any atom is 0.341 e. The highest BCUT2D eigenvalue weighted by Gasteiger charge is 2.22. The van der Waals surface area contributed by atoms with Crippen LogP contribution < -0.4 is 15.6 Å². The lowest BCUT2D eigenvalue weighted by atomic mass is 10.1. The van der Waals surface area contributed by atoms with Crippen LogP contribution in [0.3, 0.4) is 0 Å². The third kappa shape index (κ3) is 3.29. The zero-order chi connectivity index (χ0) is 20.7. The number of phenols is 1. The first-order valence-electron chi connectivity index (χ1n) is 9.11. The molecule has 8 nitrogen and oxygen atoms in total. The highest BCUT2D eigenvalue weighted by molar-refractivity contribution is 5.92. The second-order valence-corrected chi connectivity index (χ2v) is 6.92. The number of nitrogens with zero attached hydrogens (tertiary/aromatic N) is 3. The van der Waals surface area contributed by atoms with Crippen LogP contribution in [-0.4, -0.2) is 51.9 Å². The number of aryl methyl sites for hydroxylation is 1. The Morgan fingerprint density at radius 1 is 1.24 bits per heavy atom. The van der Waals surface area contributed by atoms with Crippen molar-refractivity contribution in [3.8, 4) is 11.4 Å². The van der Waals surface area contributed by atoms with Crippen molar-refractivity contribution < 1.29 is 19.4 Å². The molecule has 1 aromatic carbocycles. The highest BCUT2D eigenvalue weighted by Crippen LogP contribution is 2.26. The number of phenolic OH excluding ortho intramolecular Hbond substituents is 1. The van der Waals surface area contributed by atoms with E-state index >= 15 is 0 Å². The molecule has 29 heavy (non-hydrogen) atoms.